The molecule has 0 spiro atoms. The Morgan fingerprint density at radius 2 is 2.00 bits per heavy atom. The molecular formula is C15H13FO4. The molecule has 0 saturated heterocycles. The van der Waals surface area contributed by atoms with Gasteiger partial charge in [0.15, 0.2) is 0 Å². The van der Waals surface area contributed by atoms with E-state index < -0.39 is 23.2 Å². The first-order valence-electron chi connectivity index (χ1n) is 5.98. The molecule has 104 valence electrons. The SMILES string of the molecule is CC1=C(C(=O)O)CC(C(=O)O)(c2cccc(F)c2)C=C1. The molecule has 0 amide bonds. The Labute approximate surface area is 114 Å². The summed E-state index contributed by atoms with van der Waals surface area (Å²) in [7, 11) is 0. The maximum atomic E-state index is 13.3. The zero-order valence-electron chi connectivity index (χ0n) is 10.8. The largest absolute Gasteiger partial charge is 0.480 e. The first kappa shape index (κ1) is 14.0. The lowest BCUT2D eigenvalue weighted by molar-refractivity contribution is -0.142. The Kier molecular flexibility index (Phi) is 3.44. The number of allylic oxidation sites excluding steroid dienone is 2. The van der Waals surface area contributed by atoms with Gasteiger partial charge < -0.3 is 10.2 Å². The average Bonchev–Trinajstić information content (AvgIpc) is 2.38. The van der Waals surface area contributed by atoms with Gasteiger partial charge in [0.2, 0.25) is 0 Å². The molecule has 1 aromatic rings. The predicted molar refractivity (Wildman–Crippen MR) is 69.8 cm³/mol. The van der Waals surface area contributed by atoms with Crippen LogP contribution >= 0.6 is 0 Å². The number of rotatable bonds is 3. The summed E-state index contributed by atoms with van der Waals surface area (Å²) in [5.41, 5.74) is -0.785. The van der Waals surface area contributed by atoms with Gasteiger partial charge in [-0.3, -0.25) is 4.79 Å². The van der Waals surface area contributed by atoms with Gasteiger partial charge in [0, 0.05) is 12.0 Å². The zero-order valence-corrected chi connectivity index (χ0v) is 10.8. The number of aliphatic carboxylic acids is 2. The summed E-state index contributed by atoms with van der Waals surface area (Å²) in [5, 5.41) is 18.7. The maximum Gasteiger partial charge on any atom is 0.331 e. The van der Waals surface area contributed by atoms with Crippen molar-refractivity contribution >= 4 is 11.9 Å². The van der Waals surface area contributed by atoms with Crippen LogP contribution in [0.15, 0.2) is 47.6 Å². The molecule has 0 aliphatic heterocycles. The summed E-state index contributed by atoms with van der Waals surface area (Å²) < 4.78 is 13.3. The summed E-state index contributed by atoms with van der Waals surface area (Å²) in [6, 6.07) is 5.24. The molecule has 2 rings (SSSR count). The molecule has 1 unspecified atom stereocenters. The van der Waals surface area contributed by atoms with Crippen molar-refractivity contribution in [1.82, 2.24) is 0 Å². The van der Waals surface area contributed by atoms with E-state index in [0.29, 0.717) is 5.57 Å². The van der Waals surface area contributed by atoms with Crippen molar-refractivity contribution in [3.63, 3.8) is 0 Å². The van der Waals surface area contributed by atoms with E-state index in [1.54, 1.807) is 6.92 Å². The lowest BCUT2D eigenvalue weighted by atomic mass is 9.71. The Bertz CT molecular complexity index is 645. The second-order valence-corrected chi connectivity index (χ2v) is 4.76. The van der Waals surface area contributed by atoms with Gasteiger partial charge in [-0.05, 0) is 30.2 Å². The number of carbonyl (C=O) groups is 2. The molecule has 0 bridgehead atoms. The lowest BCUT2D eigenvalue weighted by Gasteiger charge is -2.30. The minimum atomic E-state index is -1.55. The third-order valence-corrected chi connectivity index (χ3v) is 3.53. The second kappa shape index (κ2) is 4.92. The minimum Gasteiger partial charge on any atom is -0.480 e. The molecule has 1 aromatic carbocycles. The lowest BCUT2D eigenvalue weighted by Crippen LogP contribution is -2.37. The molecular weight excluding hydrogens is 263 g/mol. The maximum absolute atomic E-state index is 13.3. The van der Waals surface area contributed by atoms with Crippen LogP contribution in [0.4, 0.5) is 4.39 Å². The van der Waals surface area contributed by atoms with Gasteiger partial charge in [-0.2, -0.15) is 0 Å². The van der Waals surface area contributed by atoms with Gasteiger partial charge in [-0.25, -0.2) is 9.18 Å². The van der Waals surface area contributed by atoms with Crippen molar-refractivity contribution in [2.75, 3.05) is 0 Å². The highest BCUT2D eigenvalue weighted by molar-refractivity contribution is 5.93. The van der Waals surface area contributed by atoms with Crippen LogP contribution in [0.1, 0.15) is 18.9 Å². The summed E-state index contributed by atoms with van der Waals surface area (Å²) in [4.78, 5) is 22.9. The van der Waals surface area contributed by atoms with E-state index in [2.05, 4.69) is 0 Å². The highest BCUT2D eigenvalue weighted by atomic mass is 19.1. The summed E-state index contributed by atoms with van der Waals surface area (Å²) in [6.45, 7) is 1.61. The molecule has 1 aliphatic carbocycles. The van der Waals surface area contributed by atoms with Gasteiger partial charge in [-0.15, -0.1) is 0 Å². The molecule has 20 heavy (non-hydrogen) atoms. The Hall–Kier alpha value is -2.43. The van der Waals surface area contributed by atoms with Gasteiger partial charge >= 0.3 is 11.9 Å². The van der Waals surface area contributed by atoms with Crippen LogP contribution in [0, 0.1) is 5.82 Å². The summed E-state index contributed by atoms with van der Waals surface area (Å²) >= 11 is 0. The van der Waals surface area contributed by atoms with Crippen LogP contribution in [0.5, 0.6) is 0 Å². The highest BCUT2D eigenvalue weighted by Gasteiger charge is 2.42. The number of carboxylic acids is 2. The Balaban J connectivity index is 2.58. The number of hydrogen-bond acceptors (Lipinski definition) is 2. The molecule has 1 atom stereocenters. The number of carboxylic acid groups (broad SMARTS) is 2. The van der Waals surface area contributed by atoms with Crippen LogP contribution in [0.3, 0.4) is 0 Å². The monoisotopic (exact) mass is 276 g/mol. The fourth-order valence-electron chi connectivity index (χ4n) is 2.32. The Morgan fingerprint density at radius 3 is 2.55 bits per heavy atom. The van der Waals surface area contributed by atoms with E-state index in [1.165, 1.54) is 30.4 Å². The normalized spacial score (nSPS) is 21.9. The molecule has 0 radical (unpaired) electrons. The van der Waals surface area contributed by atoms with Crippen molar-refractivity contribution in [3.8, 4) is 0 Å². The van der Waals surface area contributed by atoms with Crippen LogP contribution in [-0.4, -0.2) is 22.2 Å². The van der Waals surface area contributed by atoms with Crippen molar-refractivity contribution in [2.24, 2.45) is 0 Å². The summed E-state index contributed by atoms with van der Waals surface area (Å²) in [6.07, 6.45) is 2.68. The van der Waals surface area contributed by atoms with Crippen molar-refractivity contribution in [3.05, 3.63) is 58.9 Å². The van der Waals surface area contributed by atoms with E-state index >= 15 is 0 Å². The molecule has 0 aromatic heterocycles. The molecule has 5 heteroatoms. The molecule has 0 saturated carbocycles. The van der Waals surface area contributed by atoms with E-state index in [9.17, 15) is 19.1 Å². The van der Waals surface area contributed by atoms with Crippen LogP contribution in [0.2, 0.25) is 0 Å². The topological polar surface area (TPSA) is 74.6 Å². The van der Waals surface area contributed by atoms with Gasteiger partial charge in [0.1, 0.15) is 11.2 Å². The van der Waals surface area contributed by atoms with Crippen LogP contribution in [-0.2, 0) is 15.0 Å². The molecule has 4 nitrogen and oxygen atoms in total. The van der Waals surface area contributed by atoms with Crippen LogP contribution in [0.25, 0.3) is 0 Å². The quantitative estimate of drug-likeness (QED) is 0.889. The first-order chi connectivity index (χ1) is 9.36. The first-order valence-corrected chi connectivity index (χ1v) is 5.98. The Morgan fingerprint density at radius 1 is 1.30 bits per heavy atom. The minimum absolute atomic E-state index is 0.0270. The van der Waals surface area contributed by atoms with Gasteiger partial charge in [0.05, 0.1) is 0 Å². The van der Waals surface area contributed by atoms with Crippen molar-refractivity contribution in [2.45, 2.75) is 18.8 Å². The molecule has 0 fully saturated rings. The smallest absolute Gasteiger partial charge is 0.331 e. The molecule has 2 N–H and O–H groups in total. The number of halogens is 1. The van der Waals surface area contributed by atoms with Gasteiger partial charge in [0.25, 0.3) is 0 Å². The van der Waals surface area contributed by atoms with Crippen molar-refractivity contribution in [1.29, 1.82) is 0 Å². The molecule has 1 aliphatic rings. The standard InChI is InChI=1S/C15H13FO4/c1-9-5-6-15(14(19)20,8-12(9)13(17)18)10-3-2-4-11(16)7-10/h2-7H,8H2,1H3,(H,17,18)(H,19,20). The predicted octanol–water partition coefficient (Wildman–Crippen LogP) is 2.51. The van der Waals surface area contributed by atoms with Crippen molar-refractivity contribution < 1.29 is 24.2 Å². The molecule has 0 heterocycles. The van der Waals surface area contributed by atoms with E-state index in [1.807, 2.05) is 0 Å². The number of hydrogen-bond donors (Lipinski definition) is 2. The van der Waals surface area contributed by atoms with Gasteiger partial charge in [-0.1, -0.05) is 24.3 Å². The fraction of sp³-hybridized carbons (Fsp3) is 0.200. The van der Waals surface area contributed by atoms with Crippen LogP contribution < -0.4 is 0 Å². The second-order valence-electron chi connectivity index (χ2n) is 4.76. The highest BCUT2D eigenvalue weighted by Crippen LogP contribution is 2.38. The fourth-order valence-corrected chi connectivity index (χ4v) is 2.32. The summed E-state index contributed by atoms with van der Waals surface area (Å²) in [5.74, 6) is -2.92. The number of benzene rings is 1. The van der Waals surface area contributed by atoms with E-state index in [-0.39, 0.29) is 17.6 Å². The third-order valence-electron chi connectivity index (χ3n) is 3.53. The zero-order chi connectivity index (χ0) is 14.9. The average molecular weight is 276 g/mol. The van der Waals surface area contributed by atoms with E-state index in [0.717, 1.165) is 6.07 Å². The third kappa shape index (κ3) is 2.22. The van der Waals surface area contributed by atoms with E-state index in [4.69, 9.17) is 5.11 Å².